The first kappa shape index (κ1) is 18.7. The van der Waals surface area contributed by atoms with Gasteiger partial charge in [-0.15, -0.1) is 0 Å². The zero-order valence-electron chi connectivity index (χ0n) is 16.2. The summed E-state index contributed by atoms with van der Waals surface area (Å²) in [7, 11) is 1.73. The molecule has 3 aromatic rings. The van der Waals surface area contributed by atoms with Crippen LogP contribution >= 0.6 is 0 Å². The van der Waals surface area contributed by atoms with E-state index in [2.05, 4.69) is 19.2 Å². The van der Waals surface area contributed by atoms with Gasteiger partial charge in [0.1, 0.15) is 0 Å². The minimum absolute atomic E-state index is 0.0377. The molecule has 5 heteroatoms. The van der Waals surface area contributed by atoms with Crippen molar-refractivity contribution in [3.63, 3.8) is 0 Å². The summed E-state index contributed by atoms with van der Waals surface area (Å²) in [5.74, 6) is 0.322. The summed E-state index contributed by atoms with van der Waals surface area (Å²) in [6.07, 6.45) is 1.74. The van der Waals surface area contributed by atoms with Crippen LogP contribution in [0.1, 0.15) is 19.4 Å². The lowest BCUT2D eigenvalue weighted by atomic mass is 10.1. The molecular formula is C22H25N3O2. The van der Waals surface area contributed by atoms with Crippen molar-refractivity contribution in [1.82, 2.24) is 4.57 Å². The number of carbonyl (C=O) groups excluding carboxylic acids is 1. The minimum atomic E-state index is -0.250. The van der Waals surface area contributed by atoms with E-state index in [1.54, 1.807) is 28.8 Å². The number of fused-ring (bicyclic) bond motifs is 1. The maximum absolute atomic E-state index is 12.8. The zero-order valence-corrected chi connectivity index (χ0v) is 16.2. The molecule has 2 aromatic carbocycles. The van der Waals surface area contributed by atoms with E-state index in [0.717, 1.165) is 16.6 Å². The molecule has 0 unspecified atom stereocenters. The SMILES string of the molecule is Cc1cccc(N(C)C(=O)Nc2cn(CC(C)C)c(=O)c3ccccc23)c1. The molecule has 0 radical (unpaired) electrons. The average Bonchev–Trinajstić information content (AvgIpc) is 2.64. The van der Waals surface area contributed by atoms with Crippen molar-refractivity contribution < 1.29 is 4.79 Å². The fourth-order valence-electron chi connectivity index (χ4n) is 3.12. The van der Waals surface area contributed by atoms with Gasteiger partial charge in [-0.1, -0.05) is 44.2 Å². The third-order valence-electron chi connectivity index (χ3n) is 4.49. The number of nitrogens with zero attached hydrogens (tertiary/aromatic N) is 2. The number of aryl methyl sites for hydroxylation is 1. The van der Waals surface area contributed by atoms with Gasteiger partial charge in [0.2, 0.25) is 0 Å². The van der Waals surface area contributed by atoms with Crippen LogP contribution < -0.4 is 15.8 Å². The molecule has 0 aliphatic carbocycles. The molecule has 0 bridgehead atoms. The number of rotatable bonds is 4. The Balaban J connectivity index is 1.99. The highest BCUT2D eigenvalue weighted by Crippen LogP contribution is 2.22. The quantitative estimate of drug-likeness (QED) is 0.734. The van der Waals surface area contributed by atoms with Crippen molar-refractivity contribution >= 4 is 28.2 Å². The van der Waals surface area contributed by atoms with Crippen LogP contribution in [0, 0.1) is 12.8 Å². The highest BCUT2D eigenvalue weighted by atomic mass is 16.2. The second-order valence-corrected chi connectivity index (χ2v) is 7.27. The number of anilines is 2. The number of nitrogens with one attached hydrogen (secondary N) is 1. The van der Waals surface area contributed by atoms with E-state index in [0.29, 0.717) is 23.5 Å². The van der Waals surface area contributed by atoms with Crippen LogP contribution in [0.2, 0.25) is 0 Å². The predicted octanol–water partition coefficient (Wildman–Crippen LogP) is 4.63. The topological polar surface area (TPSA) is 54.3 Å². The highest BCUT2D eigenvalue weighted by molar-refractivity contribution is 6.06. The molecule has 1 heterocycles. The van der Waals surface area contributed by atoms with Crippen LogP contribution in [0.3, 0.4) is 0 Å². The number of aromatic nitrogens is 1. The Bertz CT molecular complexity index is 1040. The number of hydrogen-bond acceptors (Lipinski definition) is 2. The van der Waals surface area contributed by atoms with Crippen LogP contribution in [-0.4, -0.2) is 17.6 Å². The summed E-state index contributed by atoms with van der Waals surface area (Å²) >= 11 is 0. The van der Waals surface area contributed by atoms with Crippen molar-refractivity contribution in [2.24, 2.45) is 5.92 Å². The van der Waals surface area contributed by atoms with E-state index in [1.807, 2.05) is 49.4 Å². The molecule has 0 spiro atoms. The highest BCUT2D eigenvalue weighted by Gasteiger charge is 2.15. The molecule has 5 nitrogen and oxygen atoms in total. The molecule has 2 amide bonds. The Morgan fingerprint density at radius 1 is 1.11 bits per heavy atom. The molecule has 3 rings (SSSR count). The second kappa shape index (κ2) is 7.66. The van der Waals surface area contributed by atoms with Gasteiger partial charge in [-0.3, -0.25) is 9.69 Å². The molecule has 0 saturated carbocycles. The number of amides is 2. The normalized spacial score (nSPS) is 11.0. The largest absolute Gasteiger partial charge is 0.326 e. The second-order valence-electron chi connectivity index (χ2n) is 7.27. The molecule has 27 heavy (non-hydrogen) atoms. The third kappa shape index (κ3) is 4.03. The monoisotopic (exact) mass is 363 g/mol. The van der Waals surface area contributed by atoms with E-state index in [9.17, 15) is 9.59 Å². The first-order valence-electron chi connectivity index (χ1n) is 9.10. The van der Waals surface area contributed by atoms with E-state index >= 15 is 0 Å². The first-order chi connectivity index (χ1) is 12.9. The predicted molar refractivity (Wildman–Crippen MR) is 112 cm³/mol. The minimum Gasteiger partial charge on any atom is -0.313 e. The Kier molecular flexibility index (Phi) is 5.31. The summed E-state index contributed by atoms with van der Waals surface area (Å²) in [4.78, 5) is 27.1. The van der Waals surface area contributed by atoms with E-state index in [1.165, 1.54) is 0 Å². The van der Waals surface area contributed by atoms with Gasteiger partial charge in [0.25, 0.3) is 5.56 Å². The Morgan fingerprint density at radius 3 is 2.48 bits per heavy atom. The summed E-state index contributed by atoms with van der Waals surface area (Å²) in [5, 5.41) is 4.32. The molecule has 0 aliphatic rings. The van der Waals surface area contributed by atoms with Crippen molar-refractivity contribution in [2.75, 3.05) is 17.3 Å². The molecule has 0 fully saturated rings. The van der Waals surface area contributed by atoms with E-state index in [4.69, 9.17) is 0 Å². The Hall–Kier alpha value is -3.08. The molecule has 1 N–H and O–H groups in total. The lowest BCUT2D eigenvalue weighted by molar-refractivity contribution is 0.258. The molecule has 140 valence electrons. The van der Waals surface area contributed by atoms with Gasteiger partial charge in [-0.05, 0) is 36.6 Å². The van der Waals surface area contributed by atoms with Gasteiger partial charge in [-0.2, -0.15) is 0 Å². The summed E-state index contributed by atoms with van der Waals surface area (Å²) in [5.41, 5.74) is 2.50. The molecule has 0 aliphatic heterocycles. The van der Waals surface area contributed by atoms with Gasteiger partial charge < -0.3 is 9.88 Å². The number of carbonyl (C=O) groups is 1. The number of pyridine rings is 1. The van der Waals surface area contributed by atoms with Crippen LogP contribution in [0.5, 0.6) is 0 Å². The number of hydrogen-bond donors (Lipinski definition) is 1. The van der Waals surface area contributed by atoms with Crippen LogP contribution in [0.25, 0.3) is 10.8 Å². The smallest absolute Gasteiger partial charge is 0.313 e. The van der Waals surface area contributed by atoms with Gasteiger partial charge >= 0.3 is 6.03 Å². The molecule has 0 atom stereocenters. The van der Waals surface area contributed by atoms with Crippen LogP contribution in [0.15, 0.2) is 59.5 Å². The lowest BCUT2D eigenvalue weighted by Crippen LogP contribution is -2.32. The summed E-state index contributed by atoms with van der Waals surface area (Å²) < 4.78 is 1.68. The van der Waals surface area contributed by atoms with Crippen molar-refractivity contribution in [3.05, 3.63) is 70.6 Å². The van der Waals surface area contributed by atoms with E-state index < -0.39 is 0 Å². The standard InChI is InChI=1S/C22H25N3O2/c1-15(2)13-25-14-20(18-10-5-6-11-19(18)21(25)26)23-22(27)24(4)17-9-7-8-16(3)12-17/h5-12,14-15H,13H2,1-4H3,(H,23,27). The van der Waals surface area contributed by atoms with Crippen LogP contribution in [0.4, 0.5) is 16.2 Å². The Morgan fingerprint density at radius 2 is 1.81 bits per heavy atom. The number of urea groups is 1. The summed E-state index contributed by atoms with van der Waals surface area (Å²) in [6.45, 7) is 6.71. The van der Waals surface area contributed by atoms with E-state index in [-0.39, 0.29) is 11.6 Å². The van der Waals surface area contributed by atoms with Gasteiger partial charge in [-0.25, -0.2) is 4.79 Å². The van der Waals surface area contributed by atoms with Crippen molar-refractivity contribution in [2.45, 2.75) is 27.3 Å². The molecule has 1 aromatic heterocycles. The van der Waals surface area contributed by atoms with Gasteiger partial charge in [0.05, 0.1) is 5.69 Å². The van der Waals surface area contributed by atoms with Crippen molar-refractivity contribution in [3.8, 4) is 0 Å². The number of benzene rings is 2. The van der Waals surface area contributed by atoms with Gasteiger partial charge in [0.15, 0.2) is 0 Å². The summed E-state index contributed by atoms with van der Waals surface area (Å²) in [6, 6.07) is 14.9. The lowest BCUT2D eigenvalue weighted by Gasteiger charge is -2.20. The van der Waals surface area contributed by atoms with Gasteiger partial charge in [0, 0.05) is 36.2 Å². The molecular weight excluding hydrogens is 338 g/mol. The zero-order chi connectivity index (χ0) is 19.6. The maximum Gasteiger partial charge on any atom is 0.326 e. The fourth-order valence-corrected chi connectivity index (χ4v) is 3.12. The third-order valence-corrected chi connectivity index (χ3v) is 4.49. The maximum atomic E-state index is 12.8. The average molecular weight is 363 g/mol. The Labute approximate surface area is 159 Å². The van der Waals surface area contributed by atoms with Crippen molar-refractivity contribution in [1.29, 1.82) is 0 Å². The van der Waals surface area contributed by atoms with Crippen LogP contribution in [-0.2, 0) is 6.54 Å². The molecule has 0 saturated heterocycles. The first-order valence-corrected chi connectivity index (χ1v) is 9.10. The fraction of sp³-hybridized carbons (Fsp3) is 0.273.